The predicted molar refractivity (Wildman–Crippen MR) is 136 cm³/mol. The number of rotatable bonds is 8. The summed E-state index contributed by atoms with van der Waals surface area (Å²) in [6, 6.07) is 7.50. The molecule has 2 saturated heterocycles. The molecule has 1 aromatic rings. The second-order valence-corrected chi connectivity index (χ2v) is 9.90. The Balaban J connectivity index is 0.000000604. The number of benzene rings is 1. The van der Waals surface area contributed by atoms with Gasteiger partial charge in [-0.2, -0.15) is 13.2 Å². The number of piperazine rings is 2. The van der Waals surface area contributed by atoms with Gasteiger partial charge in [0, 0.05) is 81.9 Å². The molecular formula is C24H35BrF3N5O4. The molecule has 2 heterocycles. The van der Waals surface area contributed by atoms with Crippen LogP contribution >= 0.6 is 15.9 Å². The van der Waals surface area contributed by atoms with Gasteiger partial charge >= 0.3 is 12.1 Å². The van der Waals surface area contributed by atoms with Crippen LogP contribution in [0.3, 0.4) is 0 Å². The number of carboxylic acid groups (broad SMARTS) is 1. The van der Waals surface area contributed by atoms with E-state index >= 15 is 0 Å². The Kier molecular flexibility index (Phi) is 12.8. The summed E-state index contributed by atoms with van der Waals surface area (Å²) in [6.07, 6.45) is -3.78. The maximum Gasteiger partial charge on any atom is 0.490 e. The number of alkyl halides is 3. The minimum absolute atomic E-state index is 0.00258. The highest BCUT2D eigenvalue weighted by Crippen LogP contribution is 2.15. The summed E-state index contributed by atoms with van der Waals surface area (Å²) in [6.45, 7) is 9.68. The third kappa shape index (κ3) is 11.4. The topological polar surface area (TPSA) is 96.4 Å². The first-order valence-electron chi connectivity index (χ1n) is 12.2. The van der Waals surface area contributed by atoms with Crippen LogP contribution in [0.1, 0.15) is 23.2 Å². The van der Waals surface area contributed by atoms with E-state index in [-0.39, 0.29) is 11.8 Å². The molecule has 2 N–H and O–H groups in total. The average molecular weight is 594 g/mol. The summed E-state index contributed by atoms with van der Waals surface area (Å²) in [5.74, 6) is -2.61. The number of aliphatic carboxylic acids is 1. The van der Waals surface area contributed by atoms with Crippen molar-refractivity contribution in [3.8, 4) is 0 Å². The van der Waals surface area contributed by atoms with Crippen LogP contribution in [0.5, 0.6) is 0 Å². The molecule has 0 aliphatic carbocycles. The molecule has 0 atom stereocenters. The molecule has 2 fully saturated rings. The lowest BCUT2D eigenvalue weighted by molar-refractivity contribution is -0.192. The van der Waals surface area contributed by atoms with Crippen molar-refractivity contribution in [1.82, 2.24) is 24.9 Å². The highest BCUT2D eigenvalue weighted by atomic mass is 79.9. The lowest BCUT2D eigenvalue weighted by Gasteiger charge is -2.33. The molecule has 2 aliphatic rings. The van der Waals surface area contributed by atoms with Crippen LogP contribution in [0.4, 0.5) is 13.2 Å². The van der Waals surface area contributed by atoms with Crippen molar-refractivity contribution in [2.45, 2.75) is 19.0 Å². The molecule has 0 spiro atoms. The van der Waals surface area contributed by atoms with Crippen molar-refractivity contribution in [2.24, 2.45) is 0 Å². The second kappa shape index (κ2) is 15.3. The Morgan fingerprint density at radius 2 is 1.68 bits per heavy atom. The van der Waals surface area contributed by atoms with Gasteiger partial charge < -0.3 is 30.0 Å². The zero-order valence-corrected chi connectivity index (χ0v) is 22.6. The molecular weight excluding hydrogens is 559 g/mol. The molecule has 0 aromatic heterocycles. The maximum absolute atomic E-state index is 13.2. The smallest absolute Gasteiger partial charge is 0.475 e. The Labute approximate surface area is 223 Å². The number of carboxylic acids is 1. The fourth-order valence-electron chi connectivity index (χ4n) is 3.98. The number of nitrogens with zero attached hydrogens (tertiary/aromatic N) is 4. The van der Waals surface area contributed by atoms with Gasteiger partial charge in [-0.1, -0.05) is 22.0 Å². The lowest BCUT2D eigenvalue weighted by Crippen LogP contribution is -2.47. The SMILES string of the molecule is CN1CCN(CCCN(CCC(=O)N2CCNCC2)C(=O)c2cccc(Br)c2)CC1.O=C(O)C(F)(F)F. The van der Waals surface area contributed by atoms with Crippen LogP contribution in [-0.4, -0.2) is 128 Å². The monoisotopic (exact) mass is 593 g/mol. The molecule has 2 amide bonds. The number of halogens is 4. The van der Waals surface area contributed by atoms with Crippen molar-refractivity contribution in [2.75, 3.05) is 79.0 Å². The summed E-state index contributed by atoms with van der Waals surface area (Å²) in [5, 5.41) is 10.4. The molecule has 9 nitrogen and oxygen atoms in total. The standard InChI is InChI=1S/C22H34BrN5O2.C2HF3O2/c1-25-14-16-26(17-15-25)9-3-10-28(22(30)19-4-2-5-20(23)18-19)11-6-21(29)27-12-7-24-8-13-27;3-2(4,5)1(6)7/h2,4-5,18,24H,3,6-17H2,1H3;(H,6,7). The number of amides is 2. The fourth-order valence-corrected chi connectivity index (χ4v) is 4.38. The second-order valence-electron chi connectivity index (χ2n) is 8.98. The lowest BCUT2D eigenvalue weighted by atomic mass is 10.1. The van der Waals surface area contributed by atoms with E-state index in [9.17, 15) is 22.8 Å². The average Bonchev–Trinajstić information content (AvgIpc) is 2.87. The summed E-state index contributed by atoms with van der Waals surface area (Å²) >= 11 is 3.46. The summed E-state index contributed by atoms with van der Waals surface area (Å²) in [4.78, 5) is 43.2. The van der Waals surface area contributed by atoms with Crippen molar-refractivity contribution < 1.29 is 32.7 Å². The molecule has 1 aromatic carbocycles. The van der Waals surface area contributed by atoms with E-state index in [0.29, 0.717) is 25.1 Å². The zero-order valence-electron chi connectivity index (χ0n) is 21.0. The van der Waals surface area contributed by atoms with Gasteiger partial charge in [-0.15, -0.1) is 0 Å². The Morgan fingerprint density at radius 1 is 1.05 bits per heavy atom. The van der Waals surface area contributed by atoms with Crippen molar-refractivity contribution >= 4 is 33.7 Å². The van der Waals surface area contributed by atoms with E-state index in [1.807, 2.05) is 34.1 Å². The number of likely N-dealkylation sites (N-methyl/N-ethyl adjacent to an activating group) is 1. The van der Waals surface area contributed by atoms with E-state index in [0.717, 1.165) is 69.8 Å². The van der Waals surface area contributed by atoms with E-state index in [1.54, 1.807) is 0 Å². The number of hydrogen-bond acceptors (Lipinski definition) is 6. The van der Waals surface area contributed by atoms with Crippen LogP contribution < -0.4 is 5.32 Å². The fraction of sp³-hybridized carbons (Fsp3) is 0.625. The highest BCUT2D eigenvalue weighted by Gasteiger charge is 2.38. The van der Waals surface area contributed by atoms with Crippen LogP contribution in [0, 0.1) is 0 Å². The number of carbonyl (C=O) groups is 3. The van der Waals surface area contributed by atoms with Crippen molar-refractivity contribution in [1.29, 1.82) is 0 Å². The van der Waals surface area contributed by atoms with Crippen LogP contribution in [0.25, 0.3) is 0 Å². The van der Waals surface area contributed by atoms with Crippen LogP contribution in [-0.2, 0) is 9.59 Å². The minimum atomic E-state index is -5.08. The molecule has 208 valence electrons. The Bertz CT molecular complexity index is 891. The summed E-state index contributed by atoms with van der Waals surface area (Å²) < 4.78 is 32.6. The van der Waals surface area contributed by atoms with Gasteiger partial charge in [-0.3, -0.25) is 9.59 Å². The molecule has 2 aliphatic heterocycles. The van der Waals surface area contributed by atoms with Crippen molar-refractivity contribution in [3.63, 3.8) is 0 Å². The molecule has 0 bridgehead atoms. The normalized spacial score (nSPS) is 17.1. The van der Waals surface area contributed by atoms with E-state index in [1.165, 1.54) is 0 Å². The first kappa shape index (κ1) is 31.0. The summed E-state index contributed by atoms with van der Waals surface area (Å²) in [7, 11) is 2.16. The Morgan fingerprint density at radius 3 is 2.24 bits per heavy atom. The highest BCUT2D eigenvalue weighted by molar-refractivity contribution is 9.10. The van der Waals surface area contributed by atoms with Gasteiger partial charge in [-0.25, -0.2) is 4.79 Å². The van der Waals surface area contributed by atoms with Crippen LogP contribution in [0.15, 0.2) is 28.7 Å². The van der Waals surface area contributed by atoms with Gasteiger partial charge in [-0.05, 0) is 38.2 Å². The first-order valence-corrected chi connectivity index (χ1v) is 13.0. The maximum atomic E-state index is 13.2. The van der Waals surface area contributed by atoms with Gasteiger partial charge in [0.15, 0.2) is 0 Å². The number of hydrogen-bond donors (Lipinski definition) is 2. The van der Waals surface area contributed by atoms with E-state index in [4.69, 9.17) is 9.90 Å². The van der Waals surface area contributed by atoms with Gasteiger partial charge in [0.2, 0.25) is 5.91 Å². The zero-order chi connectivity index (χ0) is 27.4. The predicted octanol–water partition coefficient (Wildman–Crippen LogP) is 1.98. The minimum Gasteiger partial charge on any atom is -0.475 e. The van der Waals surface area contributed by atoms with Crippen LogP contribution in [0.2, 0.25) is 0 Å². The van der Waals surface area contributed by atoms with Gasteiger partial charge in [0.25, 0.3) is 5.91 Å². The molecule has 3 rings (SSSR count). The molecule has 0 radical (unpaired) electrons. The van der Waals surface area contributed by atoms with Crippen molar-refractivity contribution in [3.05, 3.63) is 34.3 Å². The molecule has 0 unspecified atom stereocenters. The van der Waals surface area contributed by atoms with Gasteiger partial charge in [0.1, 0.15) is 0 Å². The number of nitrogens with one attached hydrogen (secondary N) is 1. The quantitative estimate of drug-likeness (QED) is 0.476. The molecule has 13 heteroatoms. The molecule has 0 saturated carbocycles. The van der Waals surface area contributed by atoms with E-state index in [2.05, 4.69) is 38.1 Å². The van der Waals surface area contributed by atoms with Gasteiger partial charge in [0.05, 0.1) is 0 Å². The molecule has 37 heavy (non-hydrogen) atoms. The largest absolute Gasteiger partial charge is 0.490 e. The number of carbonyl (C=O) groups excluding carboxylic acids is 2. The first-order chi connectivity index (χ1) is 17.5. The third-order valence-electron chi connectivity index (χ3n) is 6.16. The third-order valence-corrected chi connectivity index (χ3v) is 6.66. The summed E-state index contributed by atoms with van der Waals surface area (Å²) in [5.41, 5.74) is 0.665. The Hall–Kier alpha value is -2.22. The van der Waals surface area contributed by atoms with E-state index < -0.39 is 12.1 Å².